The van der Waals surface area contributed by atoms with Crippen molar-refractivity contribution in [2.24, 2.45) is 11.8 Å². The zero-order valence-corrected chi connectivity index (χ0v) is 14.0. The number of carbonyl (C=O) groups excluding carboxylic acids is 1. The summed E-state index contributed by atoms with van der Waals surface area (Å²) in [7, 11) is 0. The number of amides is 1. The summed E-state index contributed by atoms with van der Waals surface area (Å²) in [6.07, 6.45) is 3.39. The van der Waals surface area contributed by atoms with E-state index in [0.29, 0.717) is 23.3 Å². The quantitative estimate of drug-likeness (QED) is 0.889. The Balaban J connectivity index is 0.000000960. The van der Waals surface area contributed by atoms with Crippen LogP contribution in [0.15, 0.2) is 35.1 Å². The molecule has 2 aliphatic heterocycles. The molecule has 2 saturated heterocycles. The van der Waals surface area contributed by atoms with Crippen LogP contribution in [0.5, 0.6) is 0 Å². The van der Waals surface area contributed by atoms with Gasteiger partial charge in [-0.05, 0) is 24.0 Å². The Morgan fingerprint density at radius 1 is 1.26 bits per heavy atom. The number of pyridine rings is 1. The van der Waals surface area contributed by atoms with Crippen molar-refractivity contribution in [1.29, 1.82) is 0 Å². The number of aromatic nitrogens is 2. The molecule has 4 rings (SSSR count). The van der Waals surface area contributed by atoms with Gasteiger partial charge in [-0.1, -0.05) is 5.16 Å². The number of hydrogen-bond acceptors (Lipinski definition) is 5. The lowest BCUT2D eigenvalue weighted by atomic mass is 10.0. The third kappa shape index (κ3) is 3.34. The van der Waals surface area contributed by atoms with Crippen LogP contribution in [0.4, 0.5) is 0 Å². The number of nitrogens with one attached hydrogen (secondary N) is 1. The highest BCUT2D eigenvalue weighted by molar-refractivity contribution is 5.93. The van der Waals surface area contributed by atoms with Crippen LogP contribution in [-0.4, -0.2) is 47.1 Å². The molecule has 1 amide bonds. The molecule has 0 aliphatic carbocycles. The maximum atomic E-state index is 12.5. The summed E-state index contributed by atoms with van der Waals surface area (Å²) in [4.78, 5) is 18.4. The van der Waals surface area contributed by atoms with Gasteiger partial charge in [0.25, 0.3) is 5.91 Å². The molecule has 2 fully saturated rings. The number of fused-ring (bicyclic) bond motifs is 1. The second-order valence-electron chi connectivity index (χ2n) is 5.71. The normalized spacial score (nSPS) is 22.2. The van der Waals surface area contributed by atoms with Crippen molar-refractivity contribution in [3.63, 3.8) is 0 Å². The average Bonchev–Trinajstić information content (AvgIpc) is 3.22. The fourth-order valence-corrected chi connectivity index (χ4v) is 3.20. The molecule has 2 aliphatic rings. The first-order valence-electron chi connectivity index (χ1n) is 7.18. The lowest BCUT2D eigenvalue weighted by Crippen LogP contribution is -2.32. The largest absolute Gasteiger partial charge is 0.355 e. The fourth-order valence-electron chi connectivity index (χ4n) is 3.20. The number of carbonyl (C=O) groups is 1. The van der Waals surface area contributed by atoms with E-state index in [9.17, 15) is 4.79 Å². The maximum Gasteiger partial charge on any atom is 0.276 e. The molecule has 0 unspecified atom stereocenters. The zero-order valence-electron chi connectivity index (χ0n) is 12.3. The number of hydrogen-bond donors (Lipinski definition) is 1. The Kier molecular flexibility index (Phi) is 5.62. The van der Waals surface area contributed by atoms with Crippen molar-refractivity contribution >= 4 is 30.7 Å². The average molecular weight is 357 g/mol. The monoisotopic (exact) mass is 356 g/mol. The molecule has 2 aromatic rings. The van der Waals surface area contributed by atoms with Gasteiger partial charge in [-0.15, -0.1) is 24.8 Å². The van der Waals surface area contributed by atoms with Gasteiger partial charge in [-0.3, -0.25) is 9.78 Å². The summed E-state index contributed by atoms with van der Waals surface area (Å²) in [5.74, 6) is 1.70. The van der Waals surface area contributed by atoms with Crippen molar-refractivity contribution < 1.29 is 9.32 Å². The van der Waals surface area contributed by atoms with E-state index in [0.717, 1.165) is 31.7 Å². The molecule has 8 heteroatoms. The van der Waals surface area contributed by atoms with Gasteiger partial charge in [0.05, 0.1) is 0 Å². The predicted octanol–water partition coefficient (Wildman–Crippen LogP) is 1.87. The topological polar surface area (TPSA) is 71.3 Å². The van der Waals surface area contributed by atoms with Crippen LogP contribution in [-0.2, 0) is 0 Å². The third-order valence-corrected chi connectivity index (χ3v) is 4.35. The first-order chi connectivity index (χ1) is 10.3. The maximum absolute atomic E-state index is 12.5. The lowest BCUT2D eigenvalue weighted by Gasteiger charge is -2.15. The van der Waals surface area contributed by atoms with Crippen molar-refractivity contribution in [3.8, 4) is 11.3 Å². The van der Waals surface area contributed by atoms with Crippen LogP contribution in [0, 0.1) is 11.8 Å². The molecule has 0 aromatic carbocycles. The summed E-state index contributed by atoms with van der Waals surface area (Å²) in [5, 5.41) is 7.29. The molecule has 0 radical (unpaired) electrons. The van der Waals surface area contributed by atoms with Crippen LogP contribution in [0.25, 0.3) is 11.3 Å². The Bertz CT molecular complexity index is 653. The summed E-state index contributed by atoms with van der Waals surface area (Å²) >= 11 is 0. The van der Waals surface area contributed by atoms with E-state index < -0.39 is 0 Å². The zero-order chi connectivity index (χ0) is 14.2. The molecule has 0 saturated carbocycles. The molecule has 6 nitrogen and oxygen atoms in total. The van der Waals surface area contributed by atoms with E-state index in [-0.39, 0.29) is 30.7 Å². The molecule has 0 spiro atoms. The highest BCUT2D eigenvalue weighted by Crippen LogP contribution is 2.28. The Morgan fingerprint density at radius 3 is 2.65 bits per heavy atom. The summed E-state index contributed by atoms with van der Waals surface area (Å²) in [6, 6.07) is 5.41. The van der Waals surface area contributed by atoms with E-state index in [1.54, 1.807) is 18.5 Å². The molecule has 4 heterocycles. The Hall–Kier alpha value is -1.63. The van der Waals surface area contributed by atoms with Crippen LogP contribution in [0.2, 0.25) is 0 Å². The van der Waals surface area contributed by atoms with E-state index in [1.807, 2.05) is 17.0 Å². The van der Waals surface area contributed by atoms with Gasteiger partial charge < -0.3 is 14.7 Å². The van der Waals surface area contributed by atoms with E-state index in [4.69, 9.17) is 4.52 Å². The van der Waals surface area contributed by atoms with Crippen molar-refractivity contribution in [2.75, 3.05) is 26.2 Å². The second-order valence-corrected chi connectivity index (χ2v) is 5.71. The first-order valence-corrected chi connectivity index (χ1v) is 7.18. The molecule has 0 bridgehead atoms. The van der Waals surface area contributed by atoms with Crippen molar-refractivity contribution in [3.05, 3.63) is 36.3 Å². The minimum absolute atomic E-state index is 0. The van der Waals surface area contributed by atoms with Gasteiger partial charge in [0.2, 0.25) is 0 Å². The van der Waals surface area contributed by atoms with Gasteiger partial charge in [0.15, 0.2) is 11.5 Å². The van der Waals surface area contributed by atoms with E-state index in [1.165, 1.54) is 0 Å². The van der Waals surface area contributed by atoms with Crippen LogP contribution >= 0.6 is 24.8 Å². The SMILES string of the molecule is Cl.Cl.O=C(c1cc(-c2cccnc2)on1)N1C[C@H]2CNC[C@H]2C1. The summed E-state index contributed by atoms with van der Waals surface area (Å²) in [5.41, 5.74) is 1.20. The van der Waals surface area contributed by atoms with Gasteiger partial charge in [-0.2, -0.15) is 0 Å². The molecular formula is C15H18Cl2N4O2. The highest BCUT2D eigenvalue weighted by atomic mass is 35.5. The molecule has 1 N–H and O–H groups in total. The van der Waals surface area contributed by atoms with Crippen LogP contribution < -0.4 is 5.32 Å². The fraction of sp³-hybridized carbons (Fsp3) is 0.400. The van der Waals surface area contributed by atoms with Gasteiger partial charge >= 0.3 is 0 Å². The van der Waals surface area contributed by atoms with Gasteiger partial charge in [0.1, 0.15) is 0 Å². The standard InChI is InChI=1S/C15H16N4O2.2ClH/c20-15(19-8-11-6-17-7-12(11)9-19)13-4-14(21-18-13)10-2-1-3-16-5-10;;/h1-5,11-12,17H,6-9H2;2*1H/t11-,12+;;. The summed E-state index contributed by atoms with van der Waals surface area (Å²) < 4.78 is 5.28. The number of rotatable bonds is 2. The Morgan fingerprint density at radius 2 is 2.00 bits per heavy atom. The van der Waals surface area contributed by atoms with Crippen LogP contribution in [0.1, 0.15) is 10.5 Å². The number of likely N-dealkylation sites (tertiary alicyclic amines) is 1. The second kappa shape index (κ2) is 7.29. The predicted molar refractivity (Wildman–Crippen MR) is 90.0 cm³/mol. The van der Waals surface area contributed by atoms with E-state index >= 15 is 0 Å². The molecule has 2 atom stereocenters. The first kappa shape index (κ1) is 17.7. The van der Waals surface area contributed by atoms with Crippen molar-refractivity contribution in [2.45, 2.75) is 0 Å². The smallest absolute Gasteiger partial charge is 0.276 e. The molecule has 2 aromatic heterocycles. The highest BCUT2D eigenvalue weighted by Gasteiger charge is 2.38. The number of nitrogens with zero attached hydrogens (tertiary/aromatic N) is 3. The molecule has 124 valence electrons. The van der Waals surface area contributed by atoms with Crippen LogP contribution in [0.3, 0.4) is 0 Å². The molecule has 23 heavy (non-hydrogen) atoms. The van der Waals surface area contributed by atoms with Crippen molar-refractivity contribution in [1.82, 2.24) is 20.4 Å². The molecular weight excluding hydrogens is 339 g/mol. The van der Waals surface area contributed by atoms with Gasteiger partial charge in [0, 0.05) is 50.2 Å². The number of halogens is 2. The van der Waals surface area contributed by atoms with Gasteiger partial charge in [-0.25, -0.2) is 0 Å². The summed E-state index contributed by atoms with van der Waals surface area (Å²) in [6.45, 7) is 3.64. The third-order valence-electron chi connectivity index (χ3n) is 4.35. The lowest BCUT2D eigenvalue weighted by molar-refractivity contribution is 0.0771. The minimum atomic E-state index is -0.0386. The van der Waals surface area contributed by atoms with E-state index in [2.05, 4.69) is 15.5 Å². The Labute approximate surface area is 146 Å². The minimum Gasteiger partial charge on any atom is -0.355 e.